The summed E-state index contributed by atoms with van der Waals surface area (Å²) >= 11 is 6.12. The number of benzene rings is 2. The number of nitrogens with one attached hydrogen (secondary N) is 1. The van der Waals surface area contributed by atoms with Gasteiger partial charge in [0, 0.05) is 22.2 Å². The number of fused-ring (bicyclic) bond motifs is 1. The van der Waals surface area contributed by atoms with Gasteiger partial charge in [0.1, 0.15) is 5.82 Å². The van der Waals surface area contributed by atoms with Crippen LogP contribution in [0.4, 0.5) is 4.39 Å². The topological polar surface area (TPSA) is 56.2 Å². The van der Waals surface area contributed by atoms with Crippen molar-refractivity contribution in [3.63, 3.8) is 0 Å². The van der Waals surface area contributed by atoms with Crippen molar-refractivity contribution >= 4 is 29.2 Å². The Labute approximate surface area is 209 Å². The highest BCUT2D eigenvalue weighted by atomic mass is 35.5. The van der Waals surface area contributed by atoms with E-state index in [1.54, 1.807) is 28.9 Å². The first kappa shape index (κ1) is 23.8. The first-order chi connectivity index (χ1) is 17.0. The summed E-state index contributed by atoms with van der Waals surface area (Å²) in [5, 5.41) is 8.61. The highest BCUT2D eigenvalue weighted by Crippen LogP contribution is 2.33. The molecule has 0 spiro atoms. The van der Waals surface area contributed by atoms with E-state index in [2.05, 4.69) is 12.2 Å². The smallest absolute Gasteiger partial charge is 0.272 e. The molecule has 0 unspecified atom stereocenters. The van der Waals surface area contributed by atoms with Gasteiger partial charge in [0.05, 0.1) is 24.6 Å². The van der Waals surface area contributed by atoms with E-state index in [1.807, 2.05) is 18.2 Å². The Bertz CT molecular complexity index is 1230. The third kappa shape index (κ3) is 5.19. The Morgan fingerprint density at radius 1 is 1.11 bits per heavy atom. The SMILES string of the molecule is C[C@@H](NC(=O)c1nn(-c2ccc(Cl)cc2)c2c1COC/C2=C\c1ccc(F)cc1)C1CCCCC1. The number of carbonyl (C=O) groups is 1. The van der Waals surface area contributed by atoms with Crippen molar-refractivity contribution in [1.82, 2.24) is 15.1 Å². The minimum Gasteiger partial charge on any atom is -0.372 e. The van der Waals surface area contributed by atoms with Crippen LogP contribution < -0.4 is 5.32 Å². The number of halogens is 2. The van der Waals surface area contributed by atoms with Crippen LogP contribution in [0.5, 0.6) is 0 Å². The number of aromatic nitrogens is 2. The van der Waals surface area contributed by atoms with Crippen molar-refractivity contribution < 1.29 is 13.9 Å². The number of hydrogen-bond donors (Lipinski definition) is 1. The minimum absolute atomic E-state index is 0.0814. The fourth-order valence-electron chi connectivity index (χ4n) is 5.10. The van der Waals surface area contributed by atoms with Crippen LogP contribution in [0.2, 0.25) is 5.02 Å². The summed E-state index contributed by atoms with van der Waals surface area (Å²) in [5.74, 6) is 0.0238. The highest BCUT2D eigenvalue weighted by molar-refractivity contribution is 6.30. The predicted octanol–water partition coefficient (Wildman–Crippen LogP) is 6.43. The third-order valence-electron chi connectivity index (χ3n) is 7.00. The zero-order valence-corrected chi connectivity index (χ0v) is 20.5. The Kier molecular flexibility index (Phi) is 7.02. The van der Waals surface area contributed by atoms with E-state index >= 15 is 0 Å². The number of hydrogen-bond acceptors (Lipinski definition) is 3. The van der Waals surface area contributed by atoms with Crippen molar-refractivity contribution in [1.29, 1.82) is 0 Å². The molecule has 2 heterocycles. The van der Waals surface area contributed by atoms with E-state index < -0.39 is 0 Å². The molecule has 5 rings (SSSR count). The molecule has 1 aliphatic carbocycles. The fraction of sp³-hybridized carbons (Fsp3) is 0.357. The Balaban J connectivity index is 1.54. The second kappa shape index (κ2) is 10.3. The molecular weight excluding hydrogens is 465 g/mol. The molecule has 1 saturated carbocycles. The van der Waals surface area contributed by atoms with Crippen LogP contribution in [-0.2, 0) is 11.3 Å². The lowest BCUT2D eigenvalue weighted by Gasteiger charge is -2.28. The van der Waals surface area contributed by atoms with Gasteiger partial charge in [0.15, 0.2) is 5.69 Å². The number of ether oxygens (including phenoxy) is 1. The van der Waals surface area contributed by atoms with Gasteiger partial charge in [-0.05, 0) is 73.7 Å². The van der Waals surface area contributed by atoms with Crippen LogP contribution in [0, 0.1) is 11.7 Å². The summed E-state index contributed by atoms with van der Waals surface area (Å²) < 4.78 is 21.1. The molecule has 1 N–H and O–H groups in total. The molecule has 0 bridgehead atoms. The molecule has 0 saturated heterocycles. The van der Waals surface area contributed by atoms with Gasteiger partial charge in [0.25, 0.3) is 5.91 Å². The number of carbonyl (C=O) groups excluding carboxylic acids is 1. The van der Waals surface area contributed by atoms with E-state index in [0.29, 0.717) is 29.8 Å². The molecule has 2 aliphatic rings. The molecule has 1 amide bonds. The van der Waals surface area contributed by atoms with Gasteiger partial charge < -0.3 is 10.1 Å². The van der Waals surface area contributed by atoms with Crippen molar-refractivity contribution in [2.45, 2.75) is 51.7 Å². The van der Waals surface area contributed by atoms with Gasteiger partial charge in [-0.25, -0.2) is 9.07 Å². The maximum Gasteiger partial charge on any atom is 0.272 e. The average molecular weight is 494 g/mol. The lowest BCUT2D eigenvalue weighted by atomic mass is 9.84. The summed E-state index contributed by atoms with van der Waals surface area (Å²) in [7, 11) is 0. The van der Waals surface area contributed by atoms with Crippen LogP contribution >= 0.6 is 11.6 Å². The monoisotopic (exact) mass is 493 g/mol. The van der Waals surface area contributed by atoms with Crippen molar-refractivity contribution in [3.05, 3.63) is 81.9 Å². The molecule has 1 aliphatic heterocycles. The van der Waals surface area contributed by atoms with Gasteiger partial charge in [-0.1, -0.05) is 43.0 Å². The van der Waals surface area contributed by atoms with E-state index in [1.165, 1.54) is 31.4 Å². The van der Waals surface area contributed by atoms with Crippen LogP contribution in [0.15, 0.2) is 48.5 Å². The van der Waals surface area contributed by atoms with Crippen molar-refractivity contribution in [2.24, 2.45) is 5.92 Å². The second-order valence-electron chi connectivity index (χ2n) is 9.44. The quantitative estimate of drug-likeness (QED) is 0.445. The van der Waals surface area contributed by atoms with Gasteiger partial charge >= 0.3 is 0 Å². The van der Waals surface area contributed by atoms with E-state index in [0.717, 1.165) is 40.9 Å². The summed E-state index contributed by atoms with van der Waals surface area (Å²) in [4.78, 5) is 13.4. The molecular formula is C28H29ClFN3O2. The maximum atomic E-state index is 13.4. The number of nitrogens with zero attached hydrogens (tertiary/aromatic N) is 2. The molecule has 1 aromatic heterocycles. The van der Waals surface area contributed by atoms with Crippen molar-refractivity contribution in [3.8, 4) is 5.69 Å². The molecule has 35 heavy (non-hydrogen) atoms. The second-order valence-corrected chi connectivity index (χ2v) is 9.87. The van der Waals surface area contributed by atoms with Crippen LogP contribution in [-0.4, -0.2) is 28.3 Å². The van der Waals surface area contributed by atoms with E-state index in [4.69, 9.17) is 21.4 Å². The summed E-state index contributed by atoms with van der Waals surface area (Å²) in [6.07, 6.45) is 7.96. The highest BCUT2D eigenvalue weighted by Gasteiger charge is 2.30. The molecule has 1 fully saturated rings. The van der Waals surface area contributed by atoms with Gasteiger partial charge in [-0.3, -0.25) is 4.79 Å². The van der Waals surface area contributed by atoms with Crippen molar-refractivity contribution in [2.75, 3.05) is 6.61 Å². The average Bonchev–Trinajstić information content (AvgIpc) is 3.27. The lowest BCUT2D eigenvalue weighted by molar-refractivity contribution is 0.0906. The van der Waals surface area contributed by atoms with Crippen LogP contribution in [0.1, 0.15) is 66.3 Å². The Morgan fingerprint density at radius 2 is 1.83 bits per heavy atom. The Hall–Kier alpha value is -2.96. The molecule has 0 radical (unpaired) electrons. The number of amides is 1. The summed E-state index contributed by atoms with van der Waals surface area (Å²) in [5.41, 5.74) is 4.49. The zero-order chi connectivity index (χ0) is 24.4. The first-order valence-electron chi connectivity index (χ1n) is 12.2. The molecule has 1 atom stereocenters. The molecule has 7 heteroatoms. The Morgan fingerprint density at radius 3 is 2.54 bits per heavy atom. The van der Waals surface area contributed by atoms with Crippen LogP contribution in [0.25, 0.3) is 17.3 Å². The lowest BCUT2D eigenvalue weighted by Crippen LogP contribution is -2.39. The third-order valence-corrected chi connectivity index (χ3v) is 7.26. The standard InChI is InChI=1S/C28H29ClFN3O2/c1-18(20-5-3-2-4-6-20)31-28(34)26-25-17-35-16-21(15-19-7-11-23(30)12-8-19)27(25)33(32-26)24-13-9-22(29)10-14-24/h7-15,18,20H,2-6,16-17H2,1H3,(H,31,34)/b21-15+/t18-/m1/s1. The van der Waals surface area contributed by atoms with E-state index in [9.17, 15) is 9.18 Å². The molecule has 3 aromatic rings. The maximum absolute atomic E-state index is 13.4. The largest absolute Gasteiger partial charge is 0.372 e. The van der Waals surface area contributed by atoms with Gasteiger partial charge in [-0.2, -0.15) is 5.10 Å². The van der Waals surface area contributed by atoms with Crippen LogP contribution in [0.3, 0.4) is 0 Å². The normalized spacial score (nSPS) is 18.3. The molecule has 5 nitrogen and oxygen atoms in total. The van der Waals surface area contributed by atoms with Gasteiger partial charge in [-0.15, -0.1) is 0 Å². The zero-order valence-electron chi connectivity index (χ0n) is 19.8. The summed E-state index contributed by atoms with van der Waals surface area (Å²) in [6.45, 7) is 2.75. The fourth-order valence-corrected chi connectivity index (χ4v) is 5.22. The molecule has 2 aromatic carbocycles. The summed E-state index contributed by atoms with van der Waals surface area (Å²) in [6, 6.07) is 13.8. The predicted molar refractivity (Wildman–Crippen MR) is 136 cm³/mol. The van der Waals surface area contributed by atoms with Gasteiger partial charge in [0.2, 0.25) is 0 Å². The first-order valence-corrected chi connectivity index (χ1v) is 12.6. The van der Waals surface area contributed by atoms with E-state index in [-0.39, 0.29) is 17.8 Å². The number of rotatable bonds is 5. The molecule has 182 valence electrons. The minimum atomic E-state index is -0.287.